The van der Waals surface area contributed by atoms with Gasteiger partial charge in [0.25, 0.3) is 0 Å². The van der Waals surface area contributed by atoms with E-state index in [0.29, 0.717) is 23.3 Å². The molecular weight excluding hydrogens is 202 g/mol. The average Bonchev–Trinajstić information content (AvgIpc) is 2.19. The normalized spacial score (nSPS) is 12.7. The first-order chi connectivity index (χ1) is 6.63. The average molecular weight is 215 g/mol. The highest BCUT2D eigenvalue weighted by molar-refractivity contribution is 7.99. The van der Waals surface area contributed by atoms with Gasteiger partial charge in [0, 0.05) is 17.9 Å². The van der Waals surface area contributed by atoms with Gasteiger partial charge < -0.3 is 15.3 Å². The summed E-state index contributed by atoms with van der Waals surface area (Å²) in [6.07, 6.45) is 1.06. The van der Waals surface area contributed by atoms with Gasteiger partial charge in [0.15, 0.2) is 5.75 Å². The molecule has 0 aliphatic carbocycles. The van der Waals surface area contributed by atoms with Gasteiger partial charge in [-0.25, -0.2) is 0 Å². The molecule has 0 bridgehead atoms. The van der Waals surface area contributed by atoms with Crippen molar-refractivity contribution in [2.45, 2.75) is 17.9 Å². The molecule has 4 nitrogen and oxygen atoms in total. The van der Waals surface area contributed by atoms with E-state index in [9.17, 15) is 4.79 Å². The number of hydrogen-bond acceptors (Lipinski definition) is 5. The fourth-order valence-corrected chi connectivity index (χ4v) is 1.55. The van der Waals surface area contributed by atoms with Crippen molar-refractivity contribution in [2.75, 3.05) is 6.54 Å². The van der Waals surface area contributed by atoms with Gasteiger partial charge in [0.05, 0.1) is 5.75 Å². The molecule has 1 atom stereocenters. The Labute approximate surface area is 86.1 Å². The van der Waals surface area contributed by atoms with Crippen molar-refractivity contribution >= 4 is 11.8 Å². The molecule has 1 unspecified atom stereocenters. The summed E-state index contributed by atoms with van der Waals surface area (Å²) in [5.41, 5.74) is 5.03. The Morgan fingerprint density at radius 3 is 3.00 bits per heavy atom. The lowest BCUT2D eigenvalue weighted by Crippen LogP contribution is -2.12. The predicted octanol–water partition coefficient (Wildman–Crippen LogP) is 0.926. The van der Waals surface area contributed by atoms with Crippen molar-refractivity contribution < 1.29 is 9.52 Å². The SMILES string of the molecule is CC(CN)SCc1cc(=O)c(O)co1. The Kier molecular flexibility index (Phi) is 4.03. The lowest BCUT2D eigenvalue weighted by Gasteiger charge is -2.06. The van der Waals surface area contributed by atoms with Gasteiger partial charge in [-0.1, -0.05) is 6.92 Å². The first-order valence-corrected chi connectivity index (χ1v) is 5.30. The molecule has 1 rings (SSSR count). The third kappa shape index (κ3) is 3.08. The molecule has 0 aromatic carbocycles. The Hall–Kier alpha value is -0.940. The molecule has 0 aliphatic heterocycles. The lowest BCUT2D eigenvalue weighted by molar-refractivity contribution is 0.419. The Morgan fingerprint density at radius 1 is 1.71 bits per heavy atom. The summed E-state index contributed by atoms with van der Waals surface area (Å²) in [5, 5.41) is 9.26. The first kappa shape index (κ1) is 11.1. The fraction of sp³-hybridized carbons (Fsp3) is 0.444. The van der Waals surface area contributed by atoms with E-state index in [4.69, 9.17) is 15.3 Å². The molecule has 0 aliphatic rings. The molecular formula is C9H13NO3S. The topological polar surface area (TPSA) is 76.5 Å². The standard InChI is InChI=1S/C9H13NO3S/c1-6(3-10)14-5-7-2-8(11)9(12)4-13-7/h2,4,6,12H,3,5,10H2,1H3. The number of rotatable bonds is 4. The van der Waals surface area contributed by atoms with Gasteiger partial charge in [0.1, 0.15) is 12.0 Å². The second kappa shape index (κ2) is 5.07. The molecule has 1 aromatic rings. The molecule has 78 valence electrons. The van der Waals surface area contributed by atoms with Gasteiger partial charge in [-0.3, -0.25) is 4.79 Å². The predicted molar refractivity (Wildman–Crippen MR) is 56.5 cm³/mol. The van der Waals surface area contributed by atoms with Crippen LogP contribution in [-0.2, 0) is 5.75 Å². The van der Waals surface area contributed by atoms with Crippen molar-refractivity contribution in [3.63, 3.8) is 0 Å². The lowest BCUT2D eigenvalue weighted by atomic mass is 10.4. The zero-order valence-electron chi connectivity index (χ0n) is 7.90. The largest absolute Gasteiger partial charge is 0.502 e. The maximum Gasteiger partial charge on any atom is 0.226 e. The monoisotopic (exact) mass is 215 g/mol. The van der Waals surface area contributed by atoms with E-state index in [1.165, 1.54) is 6.07 Å². The van der Waals surface area contributed by atoms with E-state index in [1.54, 1.807) is 11.8 Å². The summed E-state index contributed by atoms with van der Waals surface area (Å²) in [7, 11) is 0. The summed E-state index contributed by atoms with van der Waals surface area (Å²) in [4.78, 5) is 11.0. The quantitative estimate of drug-likeness (QED) is 0.781. The van der Waals surface area contributed by atoms with Crippen LogP contribution in [0, 0.1) is 0 Å². The third-order valence-corrected chi connectivity index (χ3v) is 2.92. The van der Waals surface area contributed by atoms with Crippen LogP contribution in [0.15, 0.2) is 21.5 Å². The highest BCUT2D eigenvalue weighted by Gasteiger charge is 2.04. The molecule has 0 amide bonds. The van der Waals surface area contributed by atoms with E-state index in [0.717, 1.165) is 6.26 Å². The first-order valence-electron chi connectivity index (χ1n) is 4.26. The van der Waals surface area contributed by atoms with Crippen LogP contribution in [0.1, 0.15) is 12.7 Å². The fourth-order valence-electron chi connectivity index (χ4n) is 0.812. The number of hydrogen-bond donors (Lipinski definition) is 2. The van der Waals surface area contributed by atoms with Gasteiger partial charge in [-0.15, -0.1) is 11.8 Å². The van der Waals surface area contributed by atoms with E-state index in [-0.39, 0.29) is 5.75 Å². The summed E-state index contributed by atoms with van der Waals surface area (Å²) in [5.74, 6) is 0.789. The van der Waals surface area contributed by atoms with Crippen LogP contribution in [0.2, 0.25) is 0 Å². The number of nitrogens with two attached hydrogens (primary N) is 1. The van der Waals surface area contributed by atoms with Crippen molar-refractivity contribution in [3.8, 4) is 5.75 Å². The maximum atomic E-state index is 11.0. The van der Waals surface area contributed by atoms with Crippen LogP contribution in [0.4, 0.5) is 0 Å². The summed E-state index contributed by atoms with van der Waals surface area (Å²) < 4.78 is 5.02. The minimum absolute atomic E-state index is 0.328. The van der Waals surface area contributed by atoms with Crippen LogP contribution >= 0.6 is 11.8 Å². The van der Waals surface area contributed by atoms with Gasteiger partial charge >= 0.3 is 0 Å². The van der Waals surface area contributed by atoms with Gasteiger partial charge in [-0.2, -0.15) is 0 Å². The summed E-state index contributed by atoms with van der Waals surface area (Å²) in [6, 6.07) is 1.30. The van der Waals surface area contributed by atoms with Crippen LogP contribution in [0.25, 0.3) is 0 Å². The maximum absolute atomic E-state index is 11.0. The van der Waals surface area contributed by atoms with Gasteiger partial charge in [-0.05, 0) is 0 Å². The van der Waals surface area contributed by atoms with Crippen LogP contribution in [0.3, 0.4) is 0 Å². The van der Waals surface area contributed by atoms with E-state index in [2.05, 4.69) is 0 Å². The van der Waals surface area contributed by atoms with Crippen molar-refractivity contribution in [1.82, 2.24) is 0 Å². The summed E-state index contributed by atoms with van der Waals surface area (Å²) >= 11 is 1.60. The molecule has 5 heteroatoms. The molecule has 0 spiro atoms. The van der Waals surface area contributed by atoms with E-state index in [1.807, 2.05) is 6.92 Å². The van der Waals surface area contributed by atoms with Crippen LogP contribution < -0.4 is 11.2 Å². The van der Waals surface area contributed by atoms with E-state index >= 15 is 0 Å². The molecule has 1 heterocycles. The number of aromatic hydroxyl groups is 1. The summed E-state index contributed by atoms with van der Waals surface area (Å²) in [6.45, 7) is 2.59. The van der Waals surface area contributed by atoms with E-state index < -0.39 is 5.43 Å². The highest BCUT2D eigenvalue weighted by atomic mass is 32.2. The van der Waals surface area contributed by atoms with Crippen molar-refractivity contribution in [3.05, 3.63) is 28.3 Å². The number of thioether (sulfide) groups is 1. The molecule has 14 heavy (non-hydrogen) atoms. The zero-order valence-corrected chi connectivity index (χ0v) is 8.71. The molecule has 0 radical (unpaired) electrons. The highest BCUT2D eigenvalue weighted by Crippen LogP contribution is 2.16. The molecule has 0 fully saturated rings. The Bertz CT molecular complexity index is 350. The van der Waals surface area contributed by atoms with Crippen molar-refractivity contribution in [1.29, 1.82) is 0 Å². The van der Waals surface area contributed by atoms with Crippen LogP contribution in [-0.4, -0.2) is 16.9 Å². The second-order valence-electron chi connectivity index (χ2n) is 2.95. The smallest absolute Gasteiger partial charge is 0.226 e. The Balaban J connectivity index is 2.60. The minimum atomic E-state index is -0.410. The molecule has 0 saturated carbocycles. The Morgan fingerprint density at radius 2 is 2.43 bits per heavy atom. The molecule has 1 aromatic heterocycles. The molecule has 0 saturated heterocycles. The minimum Gasteiger partial charge on any atom is -0.502 e. The van der Waals surface area contributed by atoms with Crippen LogP contribution in [0.5, 0.6) is 5.75 Å². The zero-order chi connectivity index (χ0) is 10.6. The third-order valence-electron chi connectivity index (χ3n) is 1.71. The van der Waals surface area contributed by atoms with Gasteiger partial charge in [0.2, 0.25) is 5.43 Å². The molecule has 3 N–H and O–H groups in total. The second-order valence-corrected chi connectivity index (χ2v) is 4.38. The van der Waals surface area contributed by atoms with Crippen molar-refractivity contribution in [2.24, 2.45) is 5.73 Å².